The SMILES string of the molecule is CCCCCCOc1ccc(C2CCC(CCc3ccc(C4CCC(C)CC4)c(F)c3F)CC2)cc1F. The Morgan fingerprint density at radius 1 is 0.784 bits per heavy atom. The van der Waals surface area contributed by atoms with Crippen LogP contribution in [0.25, 0.3) is 0 Å². The summed E-state index contributed by atoms with van der Waals surface area (Å²) in [6.45, 7) is 4.97. The van der Waals surface area contributed by atoms with Gasteiger partial charge in [0.25, 0.3) is 0 Å². The molecule has 0 radical (unpaired) electrons. The van der Waals surface area contributed by atoms with Crippen molar-refractivity contribution in [2.75, 3.05) is 6.61 Å². The maximum atomic E-state index is 14.9. The monoisotopic (exact) mass is 514 g/mol. The summed E-state index contributed by atoms with van der Waals surface area (Å²) in [5.41, 5.74) is 2.14. The second-order valence-electron chi connectivity index (χ2n) is 11.8. The molecule has 0 bridgehead atoms. The molecule has 204 valence electrons. The predicted octanol–water partition coefficient (Wildman–Crippen LogP) is 10.3. The molecule has 0 unspecified atom stereocenters. The smallest absolute Gasteiger partial charge is 0.165 e. The normalized spacial score (nSPS) is 24.2. The quantitative estimate of drug-likeness (QED) is 0.271. The molecule has 0 heterocycles. The minimum Gasteiger partial charge on any atom is -0.491 e. The second kappa shape index (κ2) is 13.7. The van der Waals surface area contributed by atoms with E-state index in [9.17, 15) is 13.2 Å². The van der Waals surface area contributed by atoms with E-state index in [4.69, 9.17) is 4.74 Å². The molecule has 0 aliphatic heterocycles. The van der Waals surface area contributed by atoms with Crippen molar-refractivity contribution in [1.29, 1.82) is 0 Å². The number of ether oxygens (including phenoxy) is 1. The van der Waals surface area contributed by atoms with Gasteiger partial charge in [-0.05, 0) is 110 Å². The van der Waals surface area contributed by atoms with Crippen molar-refractivity contribution in [3.05, 3.63) is 64.5 Å². The Morgan fingerprint density at radius 3 is 2.22 bits per heavy atom. The third-order valence-electron chi connectivity index (χ3n) is 9.00. The Balaban J connectivity index is 1.24. The van der Waals surface area contributed by atoms with E-state index in [0.717, 1.165) is 76.2 Å². The molecule has 0 aromatic heterocycles. The molecule has 4 heteroatoms. The van der Waals surface area contributed by atoms with E-state index in [2.05, 4.69) is 13.8 Å². The molecule has 37 heavy (non-hydrogen) atoms. The van der Waals surface area contributed by atoms with Crippen molar-refractivity contribution in [3.63, 3.8) is 0 Å². The van der Waals surface area contributed by atoms with Gasteiger partial charge in [-0.25, -0.2) is 13.2 Å². The standard InChI is InChI=1S/C33H45F3O/c1-3-4-5-6-21-37-31-20-18-28(22-30(31)34)25-14-9-24(10-15-25)11-16-27-17-19-29(33(36)32(27)35)26-12-7-23(2)8-13-26/h17-20,22-26H,3-16,21H2,1-2H3. The summed E-state index contributed by atoms with van der Waals surface area (Å²) in [7, 11) is 0. The van der Waals surface area contributed by atoms with E-state index in [1.807, 2.05) is 18.2 Å². The molecule has 2 saturated carbocycles. The molecule has 0 saturated heterocycles. The topological polar surface area (TPSA) is 9.23 Å². The number of benzene rings is 2. The average molecular weight is 515 g/mol. The lowest BCUT2D eigenvalue weighted by Crippen LogP contribution is -2.15. The van der Waals surface area contributed by atoms with Gasteiger partial charge in [0, 0.05) is 0 Å². The van der Waals surface area contributed by atoms with Crippen LogP contribution in [0.5, 0.6) is 5.75 Å². The van der Waals surface area contributed by atoms with Crippen molar-refractivity contribution in [1.82, 2.24) is 0 Å². The van der Waals surface area contributed by atoms with E-state index in [0.29, 0.717) is 47.7 Å². The van der Waals surface area contributed by atoms with Gasteiger partial charge in [-0.1, -0.05) is 64.2 Å². The minimum absolute atomic E-state index is 0.159. The zero-order valence-corrected chi connectivity index (χ0v) is 22.8. The van der Waals surface area contributed by atoms with Gasteiger partial charge in [-0.3, -0.25) is 0 Å². The minimum atomic E-state index is -0.632. The summed E-state index contributed by atoms with van der Waals surface area (Å²) in [6.07, 6.45) is 14.1. The highest BCUT2D eigenvalue weighted by Crippen LogP contribution is 2.40. The Labute approximate surface area is 222 Å². The fraction of sp³-hybridized carbons (Fsp3) is 0.636. The van der Waals surface area contributed by atoms with Gasteiger partial charge in [0.1, 0.15) is 0 Å². The van der Waals surface area contributed by atoms with Gasteiger partial charge in [0.2, 0.25) is 0 Å². The van der Waals surface area contributed by atoms with Gasteiger partial charge in [0.05, 0.1) is 6.61 Å². The van der Waals surface area contributed by atoms with Crippen molar-refractivity contribution < 1.29 is 17.9 Å². The molecule has 0 atom stereocenters. The Bertz CT molecular complexity index is 987. The third-order valence-corrected chi connectivity index (χ3v) is 9.00. The van der Waals surface area contributed by atoms with Gasteiger partial charge < -0.3 is 4.74 Å². The van der Waals surface area contributed by atoms with Crippen molar-refractivity contribution in [2.24, 2.45) is 11.8 Å². The van der Waals surface area contributed by atoms with E-state index >= 15 is 0 Å². The van der Waals surface area contributed by atoms with Crippen LogP contribution in [-0.4, -0.2) is 6.61 Å². The molecular formula is C33H45F3O. The lowest BCUT2D eigenvalue weighted by molar-refractivity contribution is 0.288. The van der Waals surface area contributed by atoms with Gasteiger partial charge in [0.15, 0.2) is 23.2 Å². The lowest BCUT2D eigenvalue weighted by Gasteiger charge is -2.29. The number of rotatable bonds is 11. The van der Waals surface area contributed by atoms with Crippen LogP contribution in [0.2, 0.25) is 0 Å². The first-order chi connectivity index (χ1) is 18.0. The number of hydrogen-bond acceptors (Lipinski definition) is 1. The number of hydrogen-bond donors (Lipinski definition) is 0. The number of aryl methyl sites for hydroxylation is 1. The summed E-state index contributed by atoms with van der Waals surface area (Å²) in [6, 6.07) is 9.12. The summed E-state index contributed by atoms with van der Waals surface area (Å²) in [4.78, 5) is 0. The van der Waals surface area contributed by atoms with Gasteiger partial charge in [-0.15, -0.1) is 0 Å². The highest BCUT2D eigenvalue weighted by atomic mass is 19.2. The highest BCUT2D eigenvalue weighted by Gasteiger charge is 2.26. The van der Waals surface area contributed by atoms with Crippen LogP contribution in [0.15, 0.2) is 30.3 Å². The highest BCUT2D eigenvalue weighted by molar-refractivity contribution is 5.32. The maximum Gasteiger partial charge on any atom is 0.165 e. The largest absolute Gasteiger partial charge is 0.491 e. The molecule has 1 nitrogen and oxygen atoms in total. The van der Waals surface area contributed by atoms with Crippen molar-refractivity contribution in [3.8, 4) is 5.75 Å². The van der Waals surface area contributed by atoms with Crippen LogP contribution in [0.3, 0.4) is 0 Å². The van der Waals surface area contributed by atoms with Crippen LogP contribution in [-0.2, 0) is 6.42 Å². The molecule has 2 aliphatic carbocycles. The van der Waals surface area contributed by atoms with Crippen LogP contribution in [0.4, 0.5) is 13.2 Å². The first-order valence-corrected chi connectivity index (χ1v) is 14.8. The van der Waals surface area contributed by atoms with E-state index < -0.39 is 11.6 Å². The fourth-order valence-corrected chi connectivity index (χ4v) is 6.43. The van der Waals surface area contributed by atoms with Crippen molar-refractivity contribution in [2.45, 2.75) is 116 Å². The lowest BCUT2D eigenvalue weighted by atomic mass is 9.76. The second-order valence-corrected chi connectivity index (χ2v) is 11.8. The summed E-state index contributed by atoms with van der Waals surface area (Å²) < 4.78 is 50.1. The Kier molecular flexibility index (Phi) is 10.4. The van der Waals surface area contributed by atoms with Gasteiger partial charge >= 0.3 is 0 Å². The zero-order valence-electron chi connectivity index (χ0n) is 22.8. The molecule has 0 spiro atoms. The molecule has 2 aromatic rings. The first-order valence-electron chi connectivity index (χ1n) is 14.8. The molecular weight excluding hydrogens is 469 g/mol. The van der Waals surface area contributed by atoms with Crippen LogP contribution >= 0.6 is 0 Å². The molecule has 0 amide bonds. The summed E-state index contributed by atoms with van der Waals surface area (Å²) >= 11 is 0. The maximum absolute atomic E-state index is 14.9. The predicted molar refractivity (Wildman–Crippen MR) is 146 cm³/mol. The molecule has 2 aromatic carbocycles. The van der Waals surface area contributed by atoms with Crippen LogP contribution < -0.4 is 4.74 Å². The number of halogens is 3. The Morgan fingerprint density at radius 2 is 1.51 bits per heavy atom. The fourth-order valence-electron chi connectivity index (χ4n) is 6.43. The Hall–Kier alpha value is -1.97. The van der Waals surface area contributed by atoms with Crippen LogP contribution in [0, 0.1) is 29.3 Å². The zero-order chi connectivity index (χ0) is 26.2. The van der Waals surface area contributed by atoms with Crippen molar-refractivity contribution >= 4 is 0 Å². The molecule has 2 aliphatic rings. The van der Waals surface area contributed by atoms with Gasteiger partial charge in [-0.2, -0.15) is 0 Å². The van der Waals surface area contributed by atoms with Crippen LogP contribution in [0.1, 0.15) is 126 Å². The molecule has 4 rings (SSSR count). The summed E-state index contributed by atoms with van der Waals surface area (Å²) in [5.74, 6) is 0.558. The molecule has 0 N–H and O–H groups in total. The average Bonchev–Trinajstić information content (AvgIpc) is 2.91. The summed E-state index contributed by atoms with van der Waals surface area (Å²) in [5, 5.41) is 0. The van der Waals surface area contributed by atoms with E-state index in [-0.39, 0.29) is 11.7 Å². The van der Waals surface area contributed by atoms with E-state index in [1.165, 1.54) is 12.8 Å². The third kappa shape index (κ3) is 7.54. The molecule has 2 fully saturated rings. The number of unbranched alkanes of at least 4 members (excludes halogenated alkanes) is 3. The van der Waals surface area contributed by atoms with E-state index in [1.54, 1.807) is 12.1 Å². The first kappa shape index (κ1) is 28.0.